The molecule has 1 aromatic heterocycles. The van der Waals surface area contributed by atoms with Crippen molar-refractivity contribution in [2.75, 3.05) is 19.6 Å². The molecule has 26 heavy (non-hydrogen) atoms. The van der Waals surface area contributed by atoms with Crippen LogP contribution in [0.5, 0.6) is 0 Å². The number of nitrogens with one attached hydrogen (secondary N) is 1. The van der Waals surface area contributed by atoms with Crippen molar-refractivity contribution in [1.82, 2.24) is 13.9 Å². The lowest BCUT2D eigenvalue weighted by Crippen LogP contribution is -2.48. The third-order valence-electron chi connectivity index (χ3n) is 4.46. The Morgan fingerprint density at radius 2 is 2.00 bits per heavy atom. The summed E-state index contributed by atoms with van der Waals surface area (Å²) in [4.78, 5) is 13.2. The maximum atomic E-state index is 13.0. The van der Waals surface area contributed by atoms with Gasteiger partial charge in [0, 0.05) is 24.5 Å². The highest BCUT2D eigenvalue weighted by molar-refractivity contribution is 7.86. The number of rotatable bonds is 7. The molecule has 0 spiro atoms. The minimum atomic E-state index is -3.68. The third-order valence-corrected chi connectivity index (χ3v) is 7.34. The normalized spacial score (nSPS) is 15.0. The van der Waals surface area contributed by atoms with E-state index in [0.29, 0.717) is 26.1 Å². The number of carbonyl (C=O) groups is 1. The molecule has 2 heterocycles. The zero-order valence-corrected chi connectivity index (χ0v) is 16.4. The summed E-state index contributed by atoms with van der Waals surface area (Å²) in [5.41, 5.74) is 2.22. The van der Waals surface area contributed by atoms with Gasteiger partial charge in [-0.2, -0.15) is 17.0 Å². The fourth-order valence-electron chi connectivity index (χ4n) is 3.00. The molecule has 3 rings (SSSR count). The Kier molecular flexibility index (Phi) is 6.08. The number of nitrogens with zero attached hydrogens (tertiary/aromatic N) is 2. The number of fused-ring (bicyclic) bond motifs is 1. The van der Waals surface area contributed by atoms with Gasteiger partial charge in [-0.05, 0) is 29.0 Å². The van der Waals surface area contributed by atoms with E-state index in [4.69, 9.17) is 0 Å². The summed E-state index contributed by atoms with van der Waals surface area (Å²) in [5, 5.41) is 4.73. The first kappa shape index (κ1) is 19.0. The van der Waals surface area contributed by atoms with E-state index in [-0.39, 0.29) is 19.0 Å². The monoisotopic (exact) mass is 393 g/mol. The Labute approximate surface area is 158 Å². The largest absolute Gasteiger partial charge is 0.350 e. The molecular weight excluding hydrogens is 370 g/mol. The quantitative estimate of drug-likeness (QED) is 0.782. The van der Waals surface area contributed by atoms with Gasteiger partial charge in [-0.15, -0.1) is 11.3 Å². The van der Waals surface area contributed by atoms with Crippen molar-refractivity contribution in [1.29, 1.82) is 0 Å². The molecule has 1 amide bonds. The Morgan fingerprint density at radius 3 is 2.69 bits per heavy atom. The van der Waals surface area contributed by atoms with Gasteiger partial charge in [0.1, 0.15) is 0 Å². The standard InChI is InChI=1S/C18H23N3O3S2/c1-2-20(14-18(22)19-12-17-8-5-11-25-17)26(23,24)21-10-9-15-6-3-4-7-16(15)13-21/h3-8,11H,2,9-10,12-14H2,1H3,(H,19,22). The fraction of sp³-hybridized carbons (Fsp3) is 0.389. The summed E-state index contributed by atoms with van der Waals surface area (Å²) in [6.07, 6.45) is 0.692. The van der Waals surface area contributed by atoms with E-state index in [1.54, 1.807) is 18.3 Å². The van der Waals surface area contributed by atoms with E-state index in [9.17, 15) is 13.2 Å². The van der Waals surface area contributed by atoms with Crippen LogP contribution in [0.25, 0.3) is 0 Å². The van der Waals surface area contributed by atoms with E-state index < -0.39 is 10.2 Å². The summed E-state index contributed by atoms with van der Waals surface area (Å²) in [6, 6.07) is 11.7. The van der Waals surface area contributed by atoms with E-state index in [0.717, 1.165) is 10.4 Å². The molecule has 0 saturated heterocycles. The van der Waals surface area contributed by atoms with Crippen molar-refractivity contribution in [2.24, 2.45) is 0 Å². The number of amides is 1. The van der Waals surface area contributed by atoms with Gasteiger partial charge in [0.05, 0.1) is 13.1 Å². The highest BCUT2D eigenvalue weighted by Gasteiger charge is 2.32. The Morgan fingerprint density at radius 1 is 1.23 bits per heavy atom. The molecular formula is C18H23N3O3S2. The molecule has 0 bridgehead atoms. The zero-order chi connectivity index (χ0) is 18.6. The second-order valence-corrected chi connectivity index (χ2v) is 9.10. The zero-order valence-electron chi connectivity index (χ0n) is 14.7. The number of hydrogen-bond donors (Lipinski definition) is 1. The van der Waals surface area contributed by atoms with Crippen LogP contribution in [0.2, 0.25) is 0 Å². The lowest BCUT2D eigenvalue weighted by atomic mass is 10.0. The van der Waals surface area contributed by atoms with Crippen LogP contribution in [0.4, 0.5) is 0 Å². The van der Waals surface area contributed by atoms with E-state index >= 15 is 0 Å². The molecule has 1 aliphatic heterocycles. The molecule has 8 heteroatoms. The first-order chi connectivity index (χ1) is 12.5. The Bertz CT molecular complexity index is 850. The van der Waals surface area contributed by atoms with Gasteiger partial charge in [0.15, 0.2) is 0 Å². The average Bonchev–Trinajstić information content (AvgIpc) is 3.17. The van der Waals surface area contributed by atoms with Crippen molar-refractivity contribution >= 4 is 27.5 Å². The maximum absolute atomic E-state index is 13.0. The molecule has 0 unspecified atom stereocenters. The van der Waals surface area contributed by atoms with Crippen molar-refractivity contribution in [3.05, 3.63) is 57.8 Å². The van der Waals surface area contributed by atoms with Crippen molar-refractivity contribution < 1.29 is 13.2 Å². The van der Waals surface area contributed by atoms with Crippen molar-refractivity contribution in [3.8, 4) is 0 Å². The molecule has 2 aromatic rings. The number of hydrogen-bond acceptors (Lipinski definition) is 4. The molecule has 0 saturated carbocycles. The minimum Gasteiger partial charge on any atom is -0.350 e. The number of thiophene rings is 1. The van der Waals surface area contributed by atoms with Crippen LogP contribution < -0.4 is 5.32 Å². The van der Waals surface area contributed by atoms with Crippen LogP contribution in [0.1, 0.15) is 22.9 Å². The summed E-state index contributed by atoms with van der Waals surface area (Å²) >= 11 is 1.56. The first-order valence-electron chi connectivity index (χ1n) is 8.61. The molecule has 0 atom stereocenters. The molecule has 0 aliphatic carbocycles. The second kappa shape index (κ2) is 8.30. The molecule has 6 nitrogen and oxygen atoms in total. The lowest BCUT2D eigenvalue weighted by Gasteiger charge is -2.32. The molecule has 0 fully saturated rings. The van der Waals surface area contributed by atoms with Crippen molar-refractivity contribution in [2.45, 2.75) is 26.4 Å². The van der Waals surface area contributed by atoms with Crippen LogP contribution in [0.3, 0.4) is 0 Å². The summed E-state index contributed by atoms with van der Waals surface area (Å²) in [6.45, 7) is 3.06. The van der Waals surface area contributed by atoms with E-state index in [1.807, 2.05) is 41.8 Å². The number of carbonyl (C=O) groups excluding carboxylic acids is 1. The molecule has 1 aliphatic rings. The van der Waals surface area contributed by atoms with Gasteiger partial charge in [0.25, 0.3) is 10.2 Å². The van der Waals surface area contributed by atoms with Crippen LogP contribution in [0.15, 0.2) is 41.8 Å². The summed E-state index contributed by atoms with van der Waals surface area (Å²) < 4.78 is 28.6. The van der Waals surface area contributed by atoms with Crippen LogP contribution >= 0.6 is 11.3 Å². The maximum Gasteiger partial charge on any atom is 0.282 e. The molecule has 140 valence electrons. The van der Waals surface area contributed by atoms with Crippen LogP contribution in [-0.4, -0.2) is 42.6 Å². The summed E-state index contributed by atoms with van der Waals surface area (Å²) in [5.74, 6) is -0.291. The molecule has 1 N–H and O–H groups in total. The van der Waals surface area contributed by atoms with E-state index in [1.165, 1.54) is 14.2 Å². The van der Waals surface area contributed by atoms with Gasteiger partial charge in [-0.25, -0.2) is 0 Å². The number of likely N-dealkylation sites (N-methyl/N-ethyl adjacent to an activating group) is 1. The van der Waals surface area contributed by atoms with Gasteiger partial charge in [-0.3, -0.25) is 4.79 Å². The van der Waals surface area contributed by atoms with Crippen LogP contribution in [0, 0.1) is 0 Å². The second-order valence-electron chi connectivity index (χ2n) is 6.14. The highest BCUT2D eigenvalue weighted by Crippen LogP contribution is 2.22. The Balaban J connectivity index is 1.63. The van der Waals surface area contributed by atoms with Crippen LogP contribution in [-0.2, 0) is 34.5 Å². The molecule has 0 radical (unpaired) electrons. The number of benzene rings is 1. The van der Waals surface area contributed by atoms with Gasteiger partial charge >= 0.3 is 0 Å². The first-order valence-corrected chi connectivity index (χ1v) is 10.9. The lowest BCUT2D eigenvalue weighted by molar-refractivity contribution is -0.121. The van der Waals surface area contributed by atoms with Gasteiger partial charge < -0.3 is 5.32 Å². The highest BCUT2D eigenvalue weighted by atomic mass is 32.2. The predicted molar refractivity (Wildman–Crippen MR) is 103 cm³/mol. The van der Waals surface area contributed by atoms with Gasteiger partial charge in [0.2, 0.25) is 5.91 Å². The minimum absolute atomic E-state index is 0.164. The summed E-state index contributed by atoms with van der Waals surface area (Å²) in [7, 11) is -3.68. The Hall–Kier alpha value is -1.74. The third kappa shape index (κ3) is 4.32. The van der Waals surface area contributed by atoms with E-state index in [2.05, 4.69) is 5.32 Å². The van der Waals surface area contributed by atoms with Crippen molar-refractivity contribution in [3.63, 3.8) is 0 Å². The smallest absolute Gasteiger partial charge is 0.282 e. The SMILES string of the molecule is CCN(CC(=O)NCc1cccs1)S(=O)(=O)N1CCc2ccccc2C1. The van der Waals surface area contributed by atoms with Gasteiger partial charge in [-0.1, -0.05) is 37.3 Å². The topological polar surface area (TPSA) is 69.7 Å². The fourth-order valence-corrected chi connectivity index (χ4v) is 5.20. The predicted octanol–water partition coefficient (Wildman–Crippen LogP) is 1.99. The molecule has 1 aromatic carbocycles. The average molecular weight is 394 g/mol.